The smallest absolute Gasteiger partial charge is 0.431 e. The monoisotopic (exact) mass is 410 g/mol. The summed E-state index contributed by atoms with van der Waals surface area (Å²) >= 11 is 5.92. The normalized spacial score (nSPS) is 11.9. The Hall–Kier alpha value is -3.33. The molecule has 0 amide bonds. The molecule has 2 aromatic heterocycles. The van der Waals surface area contributed by atoms with Crippen molar-refractivity contribution in [2.24, 2.45) is 0 Å². The fourth-order valence-electron chi connectivity index (χ4n) is 2.32. The largest absolute Gasteiger partial charge is 0.478 e. The lowest BCUT2D eigenvalue weighted by Crippen LogP contribution is -2.19. The first-order chi connectivity index (χ1) is 13.1. The molecular weight excluding hydrogens is 401 g/mol. The predicted molar refractivity (Wildman–Crippen MR) is 94.9 cm³/mol. The highest BCUT2D eigenvalue weighted by molar-refractivity contribution is 6.33. The number of carboxylic acid groups (broad SMARTS) is 1. The molecule has 0 bridgehead atoms. The molecule has 144 valence electrons. The molecule has 0 atom stereocenters. The summed E-state index contributed by atoms with van der Waals surface area (Å²) in [4.78, 5) is 27.4. The number of carbonyl (C=O) groups is 1. The lowest BCUT2D eigenvalue weighted by Gasteiger charge is -2.05. The van der Waals surface area contributed by atoms with Crippen LogP contribution in [-0.4, -0.2) is 21.0 Å². The summed E-state index contributed by atoms with van der Waals surface area (Å²) in [6.07, 6.45) is -2.16. The van der Waals surface area contributed by atoms with Gasteiger partial charge in [0.15, 0.2) is 0 Å². The number of carboxylic acids is 1. The highest BCUT2D eigenvalue weighted by Gasteiger charge is 2.32. The summed E-state index contributed by atoms with van der Waals surface area (Å²) in [5.74, 6) is -0.513. The van der Waals surface area contributed by atoms with E-state index in [0.29, 0.717) is 17.4 Å². The van der Waals surface area contributed by atoms with Gasteiger partial charge in [-0.1, -0.05) is 17.7 Å². The van der Waals surface area contributed by atoms with Crippen LogP contribution in [0.4, 0.5) is 13.2 Å². The molecule has 0 aliphatic carbocycles. The Balaban J connectivity index is 1.86. The van der Waals surface area contributed by atoms with Crippen LogP contribution in [-0.2, 0) is 6.18 Å². The van der Waals surface area contributed by atoms with Crippen molar-refractivity contribution < 1.29 is 27.5 Å². The molecule has 1 aromatic carbocycles. The van der Waals surface area contributed by atoms with Gasteiger partial charge >= 0.3 is 17.8 Å². The Morgan fingerprint density at radius 2 is 1.93 bits per heavy atom. The van der Waals surface area contributed by atoms with E-state index in [1.165, 1.54) is 30.4 Å². The summed E-state index contributed by atoms with van der Waals surface area (Å²) in [6.45, 7) is 0. The van der Waals surface area contributed by atoms with Crippen LogP contribution in [0.15, 0.2) is 45.6 Å². The van der Waals surface area contributed by atoms with E-state index >= 15 is 0 Å². The minimum atomic E-state index is -4.70. The summed E-state index contributed by atoms with van der Waals surface area (Å²) in [6, 6.07) is 8.09. The van der Waals surface area contributed by atoms with Crippen LogP contribution in [0.25, 0.3) is 23.5 Å². The Bertz CT molecular complexity index is 1130. The van der Waals surface area contributed by atoms with Crippen molar-refractivity contribution >= 4 is 29.7 Å². The average Bonchev–Trinajstić information content (AvgIpc) is 3.07. The number of rotatable bonds is 4. The van der Waals surface area contributed by atoms with Gasteiger partial charge in [-0.3, -0.25) is 0 Å². The second-order valence-corrected chi connectivity index (χ2v) is 5.96. The average molecular weight is 411 g/mol. The van der Waals surface area contributed by atoms with Crippen LogP contribution in [0.5, 0.6) is 0 Å². The van der Waals surface area contributed by atoms with Crippen molar-refractivity contribution in [3.63, 3.8) is 0 Å². The lowest BCUT2D eigenvalue weighted by molar-refractivity contribution is -0.141. The van der Waals surface area contributed by atoms with Crippen molar-refractivity contribution in [2.45, 2.75) is 6.18 Å². The number of nitrogens with zero attached hydrogens (tertiary/aromatic N) is 1. The first kappa shape index (κ1) is 19.4. The number of nitrogens with one attached hydrogen (secondary N) is 1. The molecular formula is C18H10ClF3N2O4. The summed E-state index contributed by atoms with van der Waals surface area (Å²) in [5, 5.41) is 9.01. The summed E-state index contributed by atoms with van der Waals surface area (Å²) in [7, 11) is 0. The lowest BCUT2D eigenvalue weighted by atomic mass is 10.1. The molecule has 2 heterocycles. The van der Waals surface area contributed by atoms with Crippen LogP contribution in [0, 0.1) is 0 Å². The van der Waals surface area contributed by atoms with Crippen LogP contribution in [0.1, 0.15) is 27.5 Å². The van der Waals surface area contributed by atoms with Crippen molar-refractivity contribution in [3.05, 3.63) is 74.6 Å². The van der Waals surface area contributed by atoms with Gasteiger partial charge in [0.1, 0.15) is 17.2 Å². The maximum absolute atomic E-state index is 12.7. The summed E-state index contributed by atoms with van der Waals surface area (Å²) in [5.41, 5.74) is -2.06. The molecule has 3 rings (SSSR count). The molecule has 0 fully saturated rings. The molecule has 28 heavy (non-hydrogen) atoms. The SMILES string of the molecule is O=C(O)c1ccc(-c2ccc(C=Cc3cc(C(F)(F)F)[nH]c(=O)n3)o2)cc1Cl. The molecule has 0 aliphatic heterocycles. The third-order valence-electron chi connectivity index (χ3n) is 3.60. The van der Waals surface area contributed by atoms with Gasteiger partial charge < -0.3 is 14.5 Å². The Morgan fingerprint density at radius 3 is 2.57 bits per heavy atom. The van der Waals surface area contributed by atoms with Crippen molar-refractivity contribution in [3.8, 4) is 11.3 Å². The van der Waals surface area contributed by atoms with Gasteiger partial charge in [-0.2, -0.15) is 18.2 Å². The van der Waals surface area contributed by atoms with Crippen molar-refractivity contribution in [2.75, 3.05) is 0 Å². The van der Waals surface area contributed by atoms with Crippen LogP contribution in [0.2, 0.25) is 5.02 Å². The zero-order valence-corrected chi connectivity index (χ0v) is 14.5. The number of aromatic nitrogens is 2. The van der Waals surface area contributed by atoms with E-state index < -0.39 is 23.5 Å². The quantitative estimate of drug-likeness (QED) is 0.656. The highest BCUT2D eigenvalue weighted by atomic mass is 35.5. The van der Waals surface area contributed by atoms with E-state index in [1.54, 1.807) is 17.1 Å². The number of halogens is 4. The molecule has 0 aliphatic rings. The molecule has 0 radical (unpaired) electrons. The van der Waals surface area contributed by atoms with E-state index in [1.807, 2.05) is 0 Å². The van der Waals surface area contributed by atoms with E-state index in [4.69, 9.17) is 21.1 Å². The topological polar surface area (TPSA) is 96.2 Å². The van der Waals surface area contributed by atoms with Crippen LogP contribution in [0.3, 0.4) is 0 Å². The predicted octanol–water partition coefficient (Wildman–Crippen LogP) is 4.57. The molecule has 0 saturated heterocycles. The third-order valence-corrected chi connectivity index (χ3v) is 3.91. The third kappa shape index (κ3) is 4.32. The number of hydrogen-bond donors (Lipinski definition) is 2. The Morgan fingerprint density at radius 1 is 1.18 bits per heavy atom. The van der Waals surface area contributed by atoms with E-state index in [0.717, 1.165) is 0 Å². The number of aromatic carboxylic acids is 1. The molecule has 0 unspecified atom stereocenters. The number of benzene rings is 1. The van der Waals surface area contributed by atoms with E-state index in [-0.39, 0.29) is 22.0 Å². The fraction of sp³-hybridized carbons (Fsp3) is 0.0556. The minimum Gasteiger partial charge on any atom is -0.478 e. The maximum Gasteiger partial charge on any atom is 0.431 e. The molecule has 3 aromatic rings. The van der Waals surface area contributed by atoms with Gasteiger partial charge in [0, 0.05) is 5.56 Å². The van der Waals surface area contributed by atoms with Gasteiger partial charge in [-0.25, -0.2) is 9.59 Å². The first-order valence-electron chi connectivity index (χ1n) is 7.63. The van der Waals surface area contributed by atoms with Crippen LogP contribution >= 0.6 is 11.6 Å². The minimum absolute atomic E-state index is 0.0332. The zero-order chi connectivity index (χ0) is 20.5. The van der Waals surface area contributed by atoms with Gasteiger partial charge in [-0.05, 0) is 42.5 Å². The number of hydrogen-bond acceptors (Lipinski definition) is 4. The Kier molecular flexibility index (Phi) is 5.10. The summed E-state index contributed by atoms with van der Waals surface area (Å²) < 4.78 is 43.7. The molecule has 10 heteroatoms. The van der Waals surface area contributed by atoms with Crippen molar-refractivity contribution in [1.29, 1.82) is 0 Å². The standard InChI is InChI=1S/C18H10ClF3N2O4/c19-13-7-9(1-5-12(13)16(25)26)14-6-4-11(28-14)3-2-10-8-15(18(20,21)22)24-17(27)23-10/h1-8H,(H,25,26)(H,23,24,27). The fourth-order valence-corrected chi connectivity index (χ4v) is 2.58. The first-order valence-corrected chi connectivity index (χ1v) is 8.01. The maximum atomic E-state index is 12.7. The van der Waals surface area contributed by atoms with Gasteiger partial charge in [-0.15, -0.1) is 0 Å². The number of H-pyrrole nitrogens is 1. The Labute approximate surface area is 159 Å². The van der Waals surface area contributed by atoms with Gasteiger partial charge in [0.25, 0.3) is 0 Å². The number of aromatic amines is 1. The van der Waals surface area contributed by atoms with Crippen LogP contribution < -0.4 is 5.69 Å². The molecule has 0 spiro atoms. The highest BCUT2D eigenvalue weighted by Crippen LogP contribution is 2.29. The number of furan rings is 1. The van der Waals surface area contributed by atoms with Crippen molar-refractivity contribution in [1.82, 2.24) is 9.97 Å². The molecule has 6 nitrogen and oxygen atoms in total. The van der Waals surface area contributed by atoms with Gasteiger partial charge in [0.05, 0.1) is 16.3 Å². The molecule has 0 saturated carbocycles. The molecule has 2 N–H and O–H groups in total. The second kappa shape index (κ2) is 7.35. The second-order valence-electron chi connectivity index (χ2n) is 5.56. The van der Waals surface area contributed by atoms with Gasteiger partial charge in [0.2, 0.25) is 0 Å². The van der Waals surface area contributed by atoms with E-state index in [9.17, 15) is 22.8 Å². The van der Waals surface area contributed by atoms with E-state index in [2.05, 4.69) is 4.98 Å². The zero-order valence-electron chi connectivity index (χ0n) is 13.7. The number of alkyl halides is 3.